The molecule has 1 heterocycles. The lowest BCUT2D eigenvalue weighted by atomic mass is 10.1. The summed E-state index contributed by atoms with van der Waals surface area (Å²) in [7, 11) is 1.90. The molecule has 1 atom stereocenters. The van der Waals surface area contributed by atoms with Gasteiger partial charge in [-0.2, -0.15) is 0 Å². The van der Waals surface area contributed by atoms with Crippen molar-refractivity contribution in [3.8, 4) is 12.3 Å². The zero-order valence-corrected chi connectivity index (χ0v) is 8.04. The molecule has 0 spiro atoms. The molecule has 1 aromatic rings. The lowest BCUT2D eigenvalue weighted by Gasteiger charge is -2.14. The number of hydrogen-bond acceptors (Lipinski definition) is 2. The molecule has 0 bridgehead atoms. The van der Waals surface area contributed by atoms with E-state index in [0.717, 1.165) is 5.69 Å². The standard InChI is InChI=1S/C11H14N2/c1-4-6-10(12-3)11-9(2)7-5-8-13-11/h1,5,7-8,10,12H,6H2,2-3H3. The van der Waals surface area contributed by atoms with E-state index in [2.05, 4.69) is 16.2 Å². The van der Waals surface area contributed by atoms with Crippen molar-refractivity contribution in [3.05, 3.63) is 29.6 Å². The van der Waals surface area contributed by atoms with Crippen molar-refractivity contribution in [1.82, 2.24) is 10.3 Å². The Morgan fingerprint density at radius 2 is 2.46 bits per heavy atom. The van der Waals surface area contributed by atoms with Gasteiger partial charge in [-0.05, 0) is 25.6 Å². The molecule has 1 unspecified atom stereocenters. The third-order valence-corrected chi connectivity index (χ3v) is 2.05. The Kier molecular flexibility index (Phi) is 3.48. The number of hydrogen-bond donors (Lipinski definition) is 1. The summed E-state index contributed by atoms with van der Waals surface area (Å²) in [5.74, 6) is 2.64. The zero-order chi connectivity index (χ0) is 9.68. The fourth-order valence-electron chi connectivity index (χ4n) is 1.32. The normalized spacial score (nSPS) is 12.1. The number of rotatable bonds is 3. The van der Waals surface area contributed by atoms with Gasteiger partial charge >= 0.3 is 0 Å². The second kappa shape index (κ2) is 4.64. The lowest BCUT2D eigenvalue weighted by molar-refractivity contribution is 0.590. The fraction of sp³-hybridized carbons (Fsp3) is 0.364. The largest absolute Gasteiger partial charge is 0.311 e. The molecular weight excluding hydrogens is 160 g/mol. The third kappa shape index (κ3) is 2.30. The highest BCUT2D eigenvalue weighted by molar-refractivity contribution is 5.22. The van der Waals surface area contributed by atoms with Crippen LogP contribution in [0.2, 0.25) is 0 Å². The van der Waals surface area contributed by atoms with E-state index < -0.39 is 0 Å². The molecule has 0 radical (unpaired) electrons. The molecule has 0 aliphatic carbocycles. The van der Waals surface area contributed by atoms with Crippen molar-refractivity contribution >= 4 is 0 Å². The van der Waals surface area contributed by atoms with Gasteiger partial charge in [-0.1, -0.05) is 6.07 Å². The maximum atomic E-state index is 5.27. The van der Waals surface area contributed by atoms with E-state index in [1.54, 1.807) is 6.20 Å². The Balaban J connectivity index is 2.92. The Bertz CT molecular complexity index is 312. The van der Waals surface area contributed by atoms with E-state index in [9.17, 15) is 0 Å². The monoisotopic (exact) mass is 174 g/mol. The van der Waals surface area contributed by atoms with Crippen LogP contribution in [0.5, 0.6) is 0 Å². The molecular formula is C11H14N2. The van der Waals surface area contributed by atoms with Crippen LogP contribution in [0.25, 0.3) is 0 Å². The summed E-state index contributed by atoms with van der Waals surface area (Å²) in [5.41, 5.74) is 2.22. The molecule has 0 aliphatic rings. The van der Waals surface area contributed by atoms with Crippen LogP contribution in [0.4, 0.5) is 0 Å². The molecule has 1 aromatic heterocycles. The van der Waals surface area contributed by atoms with E-state index in [4.69, 9.17) is 6.42 Å². The molecule has 2 nitrogen and oxygen atoms in total. The molecule has 0 aromatic carbocycles. The van der Waals surface area contributed by atoms with Crippen molar-refractivity contribution in [1.29, 1.82) is 0 Å². The van der Waals surface area contributed by atoms with Crippen molar-refractivity contribution < 1.29 is 0 Å². The smallest absolute Gasteiger partial charge is 0.0611 e. The van der Waals surface area contributed by atoms with Crippen LogP contribution in [0.1, 0.15) is 23.7 Å². The van der Waals surface area contributed by atoms with E-state index in [-0.39, 0.29) is 6.04 Å². The highest BCUT2D eigenvalue weighted by Gasteiger charge is 2.10. The van der Waals surface area contributed by atoms with Gasteiger partial charge in [0.2, 0.25) is 0 Å². The fourth-order valence-corrected chi connectivity index (χ4v) is 1.32. The highest BCUT2D eigenvalue weighted by atomic mass is 14.9. The van der Waals surface area contributed by atoms with Crippen LogP contribution in [0.3, 0.4) is 0 Å². The summed E-state index contributed by atoms with van der Waals surface area (Å²) < 4.78 is 0. The number of pyridine rings is 1. The SMILES string of the molecule is C#CCC(NC)c1ncccc1C. The van der Waals surface area contributed by atoms with Crippen molar-refractivity contribution in [3.63, 3.8) is 0 Å². The van der Waals surface area contributed by atoms with Gasteiger partial charge in [0, 0.05) is 12.6 Å². The van der Waals surface area contributed by atoms with Gasteiger partial charge in [-0.25, -0.2) is 0 Å². The van der Waals surface area contributed by atoms with Crippen molar-refractivity contribution in [2.45, 2.75) is 19.4 Å². The van der Waals surface area contributed by atoms with Crippen LogP contribution in [-0.2, 0) is 0 Å². The summed E-state index contributed by atoms with van der Waals surface area (Å²) in [6.07, 6.45) is 7.74. The van der Waals surface area contributed by atoms with Gasteiger partial charge in [-0.15, -0.1) is 12.3 Å². The van der Waals surface area contributed by atoms with Gasteiger partial charge in [0.15, 0.2) is 0 Å². The minimum Gasteiger partial charge on any atom is -0.311 e. The van der Waals surface area contributed by atoms with Gasteiger partial charge in [0.1, 0.15) is 0 Å². The molecule has 13 heavy (non-hydrogen) atoms. The molecule has 0 aliphatic heterocycles. The first-order valence-electron chi connectivity index (χ1n) is 4.31. The van der Waals surface area contributed by atoms with E-state index in [0.29, 0.717) is 6.42 Å². The number of aryl methyl sites for hydroxylation is 1. The van der Waals surface area contributed by atoms with Crippen molar-refractivity contribution in [2.75, 3.05) is 7.05 Å². The second-order valence-corrected chi connectivity index (χ2v) is 2.96. The van der Waals surface area contributed by atoms with Crippen LogP contribution in [0.15, 0.2) is 18.3 Å². The molecule has 0 saturated carbocycles. The Morgan fingerprint density at radius 3 is 3.00 bits per heavy atom. The van der Waals surface area contributed by atoms with Gasteiger partial charge in [-0.3, -0.25) is 4.98 Å². The quantitative estimate of drug-likeness (QED) is 0.705. The lowest BCUT2D eigenvalue weighted by Crippen LogP contribution is -2.18. The van der Waals surface area contributed by atoms with Gasteiger partial charge in [0.25, 0.3) is 0 Å². The van der Waals surface area contributed by atoms with Crippen LogP contribution >= 0.6 is 0 Å². The predicted molar refractivity (Wildman–Crippen MR) is 54.2 cm³/mol. The Hall–Kier alpha value is -1.33. The van der Waals surface area contributed by atoms with Crippen LogP contribution in [0, 0.1) is 19.3 Å². The number of nitrogens with zero attached hydrogens (tertiary/aromatic N) is 1. The molecule has 2 heteroatoms. The van der Waals surface area contributed by atoms with Crippen LogP contribution in [-0.4, -0.2) is 12.0 Å². The Morgan fingerprint density at radius 1 is 1.69 bits per heavy atom. The minimum absolute atomic E-state index is 0.172. The summed E-state index contributed by atoms with van der Waals surface area (Å²) in [6, 6.07) is 4.15. The maximum Gasteiger partial charge on any atom is 0.0611 e. The third-order valence-electron chi connectivity index (χ3n) is 2.05. The topological polar surface area (TPSA) is 24.9 Å². The summed E-state index contributed by atoms with van der Waals surface area (Å²) in [4.78, 5) is 4.31. The number of aromatic nitrogens is 1. The van der Waals surface area contributed by atoms with E-state index in [1.807, 2.05) is 26.1 Å². The molecule has 1 N–H and O–H groups in total. The zero-order valence-electron chi connectivity index (χ0n) is 8.04. The highest BCUT2D eigenvalue weighted by Crippen LogP contribution is 2.16. The first-order valence-corrected chi connectivity index (χ1v) is 4.31. The molecule has 1 rings (SSSR count). The molecule has 68 valence electrons. The predicted octanol–water partition coefficient (Wildman–Crippen LogP) is 1.67. The van der Waals surface area contributed by atoms with E-state index in [1.165, 1.54) is 5.56 Å². The first-order chi connectivity index (χ1) is 6.29. The maximum absolute atomic E-state index is 5.27. The molecule has 0 saturated heterocycles. The summed E-state index contributed by atoms with van der Waals surface area (Å²) >= 11 is 0. The van der Waals surface area contributed by atoms with E-state index >= 15 is 0 Å². The number of nitrogens with one attached hydrogen (secondary N) is 1. The first kappa shape index (κ1) is 9.76. The van der Waals surface area contributed by atoms with Gasteiger partial charge in [0.05, 0.1) is 11.7 Å². The Labute approximate surface area is 79.4 Å². The summed E-state index contributed by atoms with van der Waals surface area (Å²) in [6.45, 7) is 2.04. The summed E-state index contributed by atoms with van der Waals surface area (Å²) in [5, 5.41) is 3.16. The average Bonchev–Trinajstić information content (AvgIpc) is 2.16. The molecule has 0 amide bonds. The molecule has 0 fully saturated rings. The van der Waals surface area contributed by atoms with Gasteiger partial charge < -0.3 is 5.32 Å². The minimum atomic E-state index is 0.172. The average molecular weight is 174 g/mol. The second-order valence-electron chi connectivity index (χ2n) is 2.96. The van der Waals surface area contributed by atoms with Crippen LogP contribution < -0.4 is 5.32 Å². The number of terminal acetylenes is 1. The van der Waals surface area contributed by atoms with Crippen molar-refractivity contribution in [2.24, 2.45) is 0 Å².